The van der Waals surface area contributed by atoms with Gasteiger partial charge in [0.1, 0.15) is 0 Å². The molecule has 4 nitrogen and oxygen atoms in total. The van der Waals surface area contributed by atoms with Gasteiger partial charge in [0.15, 0.2) is 5.75 Å². The minimum Gasteiger partial charge on any atom is -0.478 e. The number of hydrogen-bond donors (Lipinski definition) is 1. The maximum Gasteiger partial charge on any atom is 0.336 e. The van der Waals surface area contributed by atoms with Crippen LogP contribution in [0.5, 0.6) is 5.75 Å². The second kappa shape index (κ2) is 6.32. The molecule has 0 amide bonds. The maximum absolute atomic E-state index is 11.3. The Hall–Kier alpha value is -0.660. The van der Waals surface area contributed by atoms with Crippen LogP contribution in [0.2, 0.25) is 0 Å². The van der Waals surface area contributed by atoms with E-state index in [1.54, 1.807) is 12.1 Å². The number of esters is 1. The molecule has 1 rings (SSSR count). The van der Waals surface area contributed by atoms with E-state index in [9.17, 15) is 9.59 Å². The number of carbonyl (C=O) groups is 2. The molecule has 1 N–H and O–H groups in total. The van der Waals surface area contributed by atoms with Crippen molar-refractivity contribution < 1.29 is 19.4 Å². The van der Waals surface area contributed by atoms with Crippen molar-refractivity contribution in [2.24, 2.45) is 0 Å². The predicted octanol–water partition coefficient (Wildman–Crippen LogP) is 3.52. The molecule has 0 saturated heterocycles. The van der Waals surface area contributed by atoms with Crippen molar-refractivity contribution in [3.63, 3.8) is 0 Å². The van der Waals surface area contributed by atoms with Crippen LogP contribution < -0.4 is 4.74 Å². The summed E-state index contributed by atoms with van der Waals surface area (Å²) in [5, 5.41) is 8.35. The standard InChI is InChI=1S/C10H5Br3O4/c11-5-3-6(12)10(7(13)4-5)17-9(16)2-1-8(14)15/h1-4H,(H,14,15)/b2-1+. The van der Waals surface area contributed by atoms with Gasteiger partial charge in [-0.25, -0.2) is 9.59 Å². The number of benzene rings is 1. The molecule has 17 heavy (non-hydrogen) atoms. The molecule has 0 aliphatic carbocycles. The lowest BCUT2D eigenvalue weighted by molar-refractivity contribution is -0.133. The van der Waals surface area contributed by atoms with Crippen LogP contribution >= 0.6 is 47.8 Å². The summed E-state index contributed by atoms with van der Waals surface area (Å²) in [6.45, 7) is 0. The summed E-state index contributed by atoms with van der Waals surface area (Å²) < 4.78 is 6.91. The highest BCUT2D eigenvalue weighted by atomic mass is 79.9. The van der Waals surface area contributed by atoms with Gasteiger partial charge in [-0.15, -0.1) is 0 Å². The third kappa shape index (κ3) is 4.61. The lowest BCUT2D eigenvalue weighted by Crippen LogP contribution is -2.06. The molecule has 0 spiro atoms. The monoisotopic (exact) mass is 426 g/mol. The molecule has 1 aromatic rings. The van der Waals surface area contributed by atoms with Crippen molar-refractivity contribution in [3.05, 3.63) is 37.7 Å². The Morgan fingerprint density at radius 1 is 1.12 bits per heavy atom. The molecule has 0 heterocycles. The van der Waals surface area contributed by atoms with Gasteiger partial charge in [-0.05, 0) is 44.0 Å². The van der Waals surface area contributed by atoms with Gasteiger partial charge in [0.2, 0.25) is 0 Å². The number of carboxylic acids is 1. The average Bonchev–Trinajstić information content (AvgIpc) is 2.20. The lowest BCUT2D eigenvalue weighted by atomic mass is 10.3. The Morgan fingerprint density at radius 2 is 1.65 bits per heavy atom. The van der Waals surface area contributed by atoms with Gasteiger partial charge in [-0.2, -0.15) is 0 Å². The van der Waals surface area contributed by atoms with Gasteiger partial charge >= 0.3 is 11.9 Å². The fourth-order valence-electron chi connectivity index (χ4n) is 0.900. The largest absolute Gasteiger partial charge is 0.478 e. The number of carbonyl (C=O) groups excluding carboxylic acids is 1. The van der Waals surface area contributed by atoms with Gasteiger partial charge in [0, 0.05) is 16.6 Å². The van der Waals surface area contributed by atoms with Crippen LogP contribution in [-0.2, 0) is 9.59 Å². The zero-order valence-electron chi connectivity index (χ0n) is 8.12. The van der Waals surface area contributed by atoms with E-state index in [2.05, 4.69) is 47.8 Å². The maximum atomic E-state index is 11.3. The third-order valence-electron chi connectivity index (χ3n) is 1.53. The molecule has 7 heteroatoms. The summed E-state index contributed by atoms with van der Waals surface area (Å²) in [7, 11) is 0. The third-order valence-corrected chi connectivity index (χ3v) is 3.16. The van der Waals surface area contributed by atoms with Crippen LogP contribution in [-0.4, -0.2) is 17.0 Å². The highest BCUT2D eigenvalue weighted by Gasteiger charge is 2.11. The molecule has 0 saturated carbocycles. The molecule has 0 atom stereocenters. The molecule has 90 valence electrons. The van der Waals surface area contributed by atoms with Crippen LogP contribution in [0, 0.1) is 0 Å². The van der Waals surface area contributed by atoms with E-state index in [4.69, 9.17) is 9.84 Å². The summed E-state index contributed by atoms with van der Waals surface area (Å²) in [5.41, 5.74) is 0. The van der Waals surface area contributed by atoms with E-state index >= 15 is 0 Å². The van der Waals surface area contributed by atoms with Gasteiger partial charge in [0.25, 0.3) is 0 Å². The van der Waals surface area contributed by atoms with Crippen LogP contribution in [0.25, 0.3) is 0 Å². The van der Waals surface area contributed by atoms with E-state index in [0.29, 0.717) is 15.0 Å². The topological polar surface area (TPSA) is 63.6 Å². The second-order valence-electron chi connectivity index (χ2n) is 2.79. The van der Waals surface area contributed by atoms with E-state index in [-0.39, 0.29) is 5.75 Å². The molecule has 0 aliphatic heterocycles. The average molecular weight is 429 g/mol. The molecule has 0 fully saturated rings. The zero-order chi connectivity index (χ0) is 13.0. The van der Waals surface area contributed by atoms with Gasteiger partial charge in [-0.1, -0.05) is 15.9 Å². The Labute approximate surface area is 122 Å². The first-order valence-electron chi connectivity index (χ1n) is 4.17. The zero-order valence-corrected chi connectivity index (χ0v) is 12.9. The molecule has 0 aromatic heterocycles. The van der Waals surface area contributed by atoms with Gasteiger partial charge in [0.05, 0.1) is 8.95 Å². The molecule has 0 bridgehead atoms. The Morgan fingerprint density at radius 3 is 2.12 bits per heavy atom. The Balaban J connectivity index is 2.89. The smallest absolute Gasteiger partial charge is 0.336 e. The fraction of sp³-hybridized carbons (Fsp3) is 0. The highest BCUT2D eigenvalue weighted by Crippen LogP contribution is 2.36. The molecule has 0 aliphatic rings. The molecule has 1 aromatic carbocycles. The summed E-state index contributed by atoms with van der Waals surface area (Å²) in [5.74, 6) is -1.69. The van der Waals surface area contributed by atoms with Crippen LogP contribution in [0.15, 0.2) is 37.7 Å². The minimum atomic E-state index is -1.21. The van der Waals surface area contributed by atoms with Gasteiger partial charge in [-0.3, -0.25) is 0 Å². The number of carboxylic acid groups (broad SMARTS) is 1. The second-order valence-corrected chi connectivity index (χ2v) is 5.42. The van der Waals surface area contributed by atoms with Crippen molar-refractivity contribution in [1.82, 2.24) is 0 Å². The quantitative estimate of drug-likeness (QED) is 0.454. The first kappa shape index (κ1) is 14.4. The van der Waals surface area contributed by atoms with E-state index < -0.39 is 11.9 Å². The Kier molecular flexibility index (Phi) is 5.35. The molecule has 0 unspecified atom stereocenters. The summed E-state index contributed by atoms with van der Waals surface area (Å²) in [6, 6.07) is 3.41. The van der Waals surface area contributed by atoms with E-state index in [1.165, 1.54) is 0 Å². The van der Waals surface area contributed by atoms with Crippen molar-refractivity contribution in [1.29, 1.82) is 0 Å². The van der Waals surface area contributed by atoms with E-state index in [0.717, 1.165) is 10.5 Å². The number of aliphatic carboxylic acids is 1. The van der Waals surface area contributed by atoms with Crippen LogP contribution in [0.1, 0.15) is 0 Å². The summed E-state index contributed by atoms with van der Waals surface area (Å²) in [4.78, 5) is 21.5. The summed E-state index contributed by atoms with van der Waals surface area (Å²) in [6.07, 6.45) is 1.55. The molecular formula is C10H5Br3O4. The number of halogens is 3. The Bertz CT molecular complexity index is 473. The molecule has 0 radical (unpaired) electrons. The number of ether oxygens (including phenoxy) is 1. The number of rotatable bonds is 3. The fourth-order valence-corrected chi connectivity index (χ4v) is 3.32. The van der Waals surface area contributed by atoms with Crippen molar-refractivity contribution in [3.8, 4) is 5.75 Å². The lowest BCUT2D eigenvalue weighted by Gasteiger charge is -2.07. The van der Waals surface area contributed by atoms with E-state index in [1.807, 2.05) is 0 Å². The predicted molar refractivity (Wildman–Crippen MR) is 72.0 cm³/mol. The first-order chi connectivity index (χ1) is 7.90. The normalized spacial score (nSPS) is 10.5. The summed E-state index contributed by atoms with van der Waals surface area (Å²) >= 11 is 9.73. The van der Waals surface area contributed by atoms with Crippen molar-refractivity contribution in [2.45, 2.75) is 0 Å². The first-order valence-corrected chi connectivity index (χ1v) is 6.55. The number of hydrogen-bond acceptors (Lipinski definition) is 3. The SMILES string of the molecule is O=C(O)/C=C/C(=O)Oc1c(Br)cc(Br)cc1Br. The van der Waals surface area contributed by atoms with Crippen molar-refractivity contribution in [2.75, 3.05) is 0 Å². The molecular weight excluding hydrogens is 424 g/mol. The minimum absolute atomic E-state index is 0.285. The van der Waals surface area contributed by atoms with Gasteiger partial charge < -0.3 is 9.84 Å². The van der Waals surface area contributed by atoms with Crippen molar-refractivity contribution >= 4 is 59.7 Å². The highest BCUT2D eigenvalue weighted by molar-refractivity contribution is 9.11. The van der Waals surface area contributed by atoms with Crippen LogP contribution in [0.3, 0.4) is 0 Å². The van der Waals surface area contributed by atoms with Crippen LogP contribution in [0.4, 0.5) is 0 Å².